The summed E-state index contributed by atoms with van der Waals surface area (Å²) < 4.78 is 10.5. The maximum atomic E-state index is 11.8. The van der Waals surface area contributed by atoms with Crippen molar-refractivity contribution in [3.8, 4) is 11.5 Å². The minimum Gasteiger partial charge on any atom is -0.497 e. The van der Waals surface area contributed by atoms with Gasteiger partial charge in [0.15, 0.2) is 6.61 Å². The Hall–Kier alpha value is -1.75. The Morgan fingerprint density at radius 3 is 2.70 bits per heavy atom. The number of likely N-dealkylation sites (tertiary alicyclic amines) is 1. The molecule has 0 radical (unpaired) electrons. The molecule has 0 bridgehead atoms. The molecule has 1 heterocycles. The highest BCUT2D eigenvalue weighted by molar-refractivity contribution is 5.77. The van der Waals surface area contributed by atoms with E-state index in [1.54, 1.807) is 19.2 Å². The van der Waals surface area contributed by atoms with E-state index >= 15 is 0 Å². The monoisotopic (exact) mass is 320 g/mol. The number of methoxy groups -OCH3 is 1. The van der Waals surface area contributed by atoms with Crippen LogP contribution in [0.3, 0.4) is 0 Å². The number of carbonyl (C=O) groups excluding carboxylic acids is 1. The van der Waals surface area contributed by atoms with Gasteiger partial charge in [0.05, 0.1) is 7.11 Å². The molecule has 5 heteroatoms. The zero-order chi connectivity index (χ0) is 16.5. The summed E-state index contributed by atoms with van der Waals surface area (Å²) >= 11 is 0. The number of hydrogen-bond acceptors (Lipinski definition) is 4. The lowest BCUT2D eigenvalue weighted by Gasteiger charge is -2.33. The van der Waals surface area contributed by atoms with Crippen LogP contribution in [0.2, 0.25) is 0 Å². The molecule has 1 unspecified atom stereocenters. The molecule has 1 aliphatic rings. The number of hydrogen-bond donors (Lipinski definition) is 1. The second-order valence-corrected chi connectivity index (χ2v) is 6.05. The molecule has 1 N–H and O–H groups in total. The topological polar surface area (TPSA) is 50.8 Å². The van der Waals surface area contributed by atoms with E-state index in [2.05, 4.69) is 17.1 Å². The van der Waals surface area contributed by atoms with Crippen LogP contribution in [0.5, 0.6) is 11.5 Å². The molecule has 1 atom stereocenters. The van der Waals surface area contributed by atoms with Crippen LogP contribution >= 0.6 is 0 Å². The Morgan fingerprint density at radius 1 is 1.26 bits per heavy atom. The molecule has 2 rings (SSSR count). The van der Waals surface area contributed by atoms with Crippen LogP contribution in [0.1, 0.15) is 32.6 Å². The molecule has 0 aromatic heterocycles. The maximum absolute atomic E-state index is 11.8. The summed E-state index contributed by atoms with van der Waals surface area (Å²) in [5, 5.41) is 2.91. The molecule has 5 nitrogen and oxygen atoms in total. The van der Waals surface area contributed by atoms with Crippen LogP contribution < -0.4 is 14.8 Å². The van der Waals surface area contributed by atoms with Crippen LogP contribution in [0.25, 0.3) is 0 Å². The molecule has 128 valence electrons. The van der Waals surface area contributed by atoms with Crippen molar-refractivity contribution in [3.63, 3.8) is 0 Å². The molecule has 1 amide bonds. The van der Waals surface area contributed by atoms with Crippen molar-refractivity contribution < 1.29 is 14.3 Å². The predicted octanol–water partition coefficient (Wildman–Crippen LogP) is 2.45. The largest absolute Gasteiger partial charge is 0.497 e. The second-order valence-electron chi connectivity index (χ2n) is 6.05. The van der Waals surface area contributed by atoms with Crippen molar-refractivity contribution in [3.05, 3.63) is 24.3 Å². The Morgan fingerprint density at radius 2 is 2.00 bits per heavy atom. The molecule has 0 spiro atoms. The fourth-order valence-corrected chi connectivity index (χ4v) is 2.87. The van der Waals surface area contributed by atoms with E-state index in [-0.39, 0.29) is 12.5 Å². The fourth-order valence-electron chi connectivity index (χ4n) is 2.87. The molecule has 0 saturated carbocycles. The fraction of sp³-hybridized carbons (Fsp3) is 0.611. The molecule has 0 aliphatic carbocycles. The first-order valence-corrected chi connectivity index (χ1v) is 8.46. The number of nitrogens with zero attached hydrogens (tertiary/aromatic N) is 1. The zero-order valence-corrected chi connectivity index (χ0v) is 14.2. The molecule has 1 saturated heterocycles. The summed E-state index contributed by atoms with van der Waals surface area (Å²) in [4.78, 5) is 14.3. The highest BCUT2D eigenvalue weighted by Crippen LogP contribution is 2.17. The number of rotatable bonds is 8. The second kappa shape index (κ2) is 9.40. The van der Waals surface area contributed by atoms with Crippen molar-refractivity contribution >= 4 is 5.91 Å². The molecular formula is C18H28N2O3. The predicted molar refractivity (Wildman–Crippen MR) is 91.0 cm³/mol. The van der Waals surface area contributed by atoms with E-state index in [4.69, 9.17) is 9.47 Å². The SMILES string of the molecule is COc1ccc(OCC(=O)NCCCN2CCCCC2C)cc1. The zero-order valence-electron chi connectivity index (χ0n) is 14.2. The van der Waals surface area contributed by atoms with E-state index in [0.29, 0.717) is 18.3 Å². The number of benzene rings is 1. The lowest BCUT2D eigenvalue weighted by Crippen LogP contribution is -2.39. The Balaban J connectivity index is 1.57. The van der Waals surface area contributed by atoms with Gasteiger partial charge in [0.1, 0.15) is 11.5 Å². The van der Waals surface area contributed by atoms with E-state index in [9.17, 15) is 4.79 Å². The highest BCUT2D eigenvalue weighted by atomic mass is 16.5. The van der Waals surface area contributed by atoms with Crippen molar-refractivity contribution in [2.24, 2.45) is 0 Å². The highest BCUT2D eigenvalue weighted by Gasteiger charge is 2.17. The van der Waals surface area contributed by atoms with Crippen LogP contribution in [0, 0.1) is 0 Å². The number of ether oxygens (including phenoxy) is 2. The normalized spacial score (nSPS) is 18.4. The number of amides is 1. The minimum atomic E-state index is -0.0764. The first kappa shape index (κ1) is 17.6. The minimum absolute atomic E-state index is 0.0481. The van der Waals surface area contributed by atoms with Crippen molar-refractivity contribution in [2.75, 3.05) is 33.4 Å². The van der Waals surface area contributed by atoms with Gasteiger partial charge in [0, 0.05) is 19.1 Å². The van der Waals surface area contributed by atoms with Gasteiger partial charge in [-0.3, -0.25) is 4.79 Å². The first-order chi connectivity index (χ1) is 11.2. The quantitative estimate of drug-likeness (QED) is 0.748. The van der Waals surface area contributed by atoms with Crippen LogP contribution in [0.15, 0.2) is 24.3 Å². The molecule has 23 heavy (non-hydrogen) atoms. The van der Waals surface area contributed by atoms with Crippen molar-refractivity contribution in [1.29, 1.82) is 0 Å². The molecular weight excluding hydrogens is 292 g/mol. The van der Waals surface area contributed by atoms with Crippen LogP contribution in [-0.4, -0.2) is 50.2 Å². The van der Waals surface area contributed by atoms with E-state index in [0.717, 1.165) is 18.7 Å². The Labute approximate surface area is 139 Å². The van der Waals surface area contributed by atoms with Gasteiger partial charge in [0.2, 0.25) is 0 Å². The molecule has 1 aromatic carbocycles. The Kier molecular flexibility index (Phi) is 7.20. The van der Waals surface area contributed by atoms with Gasteiger partial charge >= 0.3 is 0 Å². The average molecular weight is 320 g/mol. The van der Waals surface area contributed by atoms with Crippen molar-refractivity contribution in [2.45, 2.75) is 38.6 Å². The third-order valence-corrected chi connectivity index (χ3v) is 4.31. The smallest absolute Gasteiger partial charge is 0.257 e. The maximum Gasteiger partial charge on any atom is 0.257 e. The summed E-state index contributed by atoms with van der Waals surface area (Å²) in [6.45, 7) is 5.29. The third kappa shape index (κ3) is 6.10. The number of carbonyl (C=O) groups is 1. The van der Waals surface area contributed by atoms with Gasteiger partial charge in [0.25, 0.3) is 5.91 Å². The van der Waals surface area contributed by atoms with Crippen LogP contribution in [0.4, 0.5) is 0 Å². The number of nitrogens with one attached hydrogen (secondary N) is 1. The van der Waals surface area contributed by atoms with E-state index in [1.165, 1.54) is 25.8 Å². The van der Waals surface area contributed by atoms with Gasteiger partial charge in [-0.25, -0.2) is 0 Å². The van der Waals surface area contributed by atoms with Crippen LogP contribution in [-0.2, 0) is 4.79 Å². The van der Waals surface area contributed by atoms with E-state index < -0.39 is 0 Å². The standard InChI is InChI=1S/C18H28N2O3/c1-15-6-3-4-12-20(15)13-5-11-19-18(21)14-23-17-9-7-16(22-2)8-10-17/h7-10,15H,3-6,11-14H2,1-2H3,(H,19,21). The molecule has 1 fully saturated rings. The Bertz CT molecular complexity index is 476. The van der Waals surface area contributed by atoms with Gasteiger partial charge in [-0.15, -0.1) is 0 Å². The summed E-state index contributed by atoms with van der Waals surface area (Å²) in [6, 6.07) is 7.89. The lowest BCUT2D eigenvalue weighted by molar-refractivity contribution is -0.123. The molecule has 1 aromatic rings. The summed E-state index contributed by atoms with van der Waals surface area (Å²) in [5.74, 6) is 1.37. The van der Waals surface area contributed by atoms with Crippen molar-refractivity contribution in [1.82, 2.24) is 10.2 Å². The van der Waals surface area contributed by atoms with Gasteiger partial charge in [-0.2, -0.15) is 0 Å². The average Bonchev–Trinajstić information content (AvgIpc) is 2.59. The van der Waals surface area contributed by atoms with Gasteiger partial charge in [-0.05, 0) is 57.0 Å². The molecule has 1 aliphatic heterocycles. The third-order valence-electron chi connectivity index (χ3n) is 4.31. The summed E-state index contributed by atoms with van der Waals surface area (Å²) in [7, 11) is 1.62. The van der Waals surface area contributed by atoms with Gasteiger partial charge < -0.3 is 19.7 Å². The summed E-state index contributed by atoms with van der Waals surface area (Å²) in [6.07, 6.45) is 4.92. The van der Waals surface area contributed by atoms with Gasteiger partial charge in [-0.1, -0.05) is 6.42 Å². The summed E-state index contributed by atoms with van der Waals surface area (Å²) in [5.41, 5.74) is 0. The number of piperidine rings is 1. The lowest BCUT2D eigenvalue weighted by atomic mass is 10.0. The first-order valence-electron chi connectivity index (χ1n) is 8.46. The van der Waals surface area contributed by atoms with E-state index in [1.807, 2.05) is 12.1 Å².